The molecule has 0 atom stereocenters. The summed E-state index contributed by atoms with van der Waals surface area (Å²) in [6, 6.07) is 4.01. The Labute approximate surface area is 92.3 Å². The number of hydrogen-bond donors (Lipinski definition) is 2. The van der Waals surface area contributed by atoms with E-state index in [4.69, 9.17) is 0 Å². The topological polar surface area (TPSA) is 37.0 Å². The smallest absolute Gasteiger partial charge is 0.0603 e. The molecule has 84 valence electrons. The van der Waals surface area contributed by atoms with Crippen LogP contribution in [0.5, 0.6) is 0 Å². The first-order valence-corrected chi connectivity index (χ1v) is 5.39. The van der Waals surface area contributed by atoms with Gasteiger partial charge in [0.15, 0.2) is 0 Å². The summed E-state index contributed by atoms with van der Waals surface area (Å²) in [5.41, 5.74) is 2.35. The molecular weight excluding hydrogens is 186 g/mol. The van der Waals surface area contributed by atoms with Gasteiger partial charge in [-0.15, -0.1) is 0 Å². The van der Waals surface area contributed by atoms with Gasteiger partial charge in [-0.05, 0) is 39.8 Å². The van der Waals surface area contributed by atoms with Gasteiger partial charge >= 0.3 is 0 Å². The third-order valence-electron chi connectivity index (χ3n) is 2.10. The summed E-state index contributed by atoms with van der Waals surface area (Å²) < 4.78 is 0. The highest BCUT2D eigenvalue weighted by molar-refractivity contribution is 5.46. The van der Waals surface area contributed by atoms with Gasteiger partial charge in [-0.2, -0.15) is 0 Å². The minimum atomic E-state index is 0.186. The first-order valence-electron chi connectivity index (χ1n) is 5.39. The van der Waals surface area contributed by atoms with Crippen LogP contribution in [0, 0.1) is 6.92 Å². The molecule has 1 rings (SSSR count). The average Bonchev–Trinajstić information content (AvgIpc) is 2.13. The summed E-state index contributed by atoms with van der Waals surface area (Å²) in [7, 11) is 0. The van der Waals surface area contributed by atoms with E-state index in [0.717, 1.165) is 24.5 Å². The molecule has 1 aromatic heterocycles. The number of pyridine rings is 1. The van der Waals surface area contributed by atoms with Crippen molar-refractivity contribution >= 4 is 5.69 Å². The SMILES string of the molecule is Cc1ncccc1NCCNC(C)(C)C. The van der Waals surface area contributed by atoms with Gasteiger partial charge in [-0.3, -0.25) is 4.98 Å². The molecule has 0 saturated heterocycles. The zero-order valence-electron chi connectivity index (χ0n) is 10.1. The highest BCUT2D eigenvalue weighted by Crippen LogP contribution is 2.09. The predicted octanol–water partition coefficient (Wildman–Crippen LogP) is 2.19. The van der Waals surface area contributed by atoms with Crippen LogP contribution in [0.3, 0.4) is 0 Å². The van der Waals surface area contributed by atoms with E-state index in [0.29, 0.717) is 0 Å². The molecule has 1 aromatic rings. The number of nitrogens with zero attached hydrogens (tertiary/aromatic N) is 1. The Balaban J connectivity index is 2.30. The number of aryl methyl sites for hydroxylation is 1. The lowest BCUT2D eigenvalue weighted by Crippen LogP contribution is -2.38. The standard InChI is InChI=1S/C12H21N3/c1-10-11(6-5-7-13-10)14-8-9-15-12(2,3)4/h5-7,14-15H,8-9H2,1-4H3. The van der Waals surface area contributed by atoms with Crippen LogP contribution < -0.4 is 10.6 Å². The minimum Gasteiger partial charge on any atom is -0.382 e. The van der Waals surface area contributed by atoms with Crippen molar-refractivity contribution in [2.75, 3.05) is 18.4 Å². The summed E-state index contributed by atoms with van der Waals surface area (Å²) in [5.74, 6) is 0. The van der Waals surface area contributed by atoms with Gasteiger partial charge in [0.1, 0.15) is 0 Å². The molecule has 3 nitrogen and oxygen atoms in total. The minimum absolute atomic E-state index is 0.186. The maximum atomic E-state index is 4.22. The maximum absolute atomic E-state index is 4.22. The Morgan fingerprint density at radius 3 is 2.60 bits per heavy atom. The van der Waals surface area contributed by atoms with E-state index in [-0.39, 0.29) is 5.54 Å². The Morgan fingerprint density at radius 1 is 1.27 bits per heavy atom. The normalized spacial score (nSPS) is 11.5. The fraction of sp³-hybridized carbons (Fsp3) is 0.583. The maximum Gasteiger partial charge on any atom is 0.0603 e. The van der Waals surface area contributed by atoms with E-state index in [1.807, 2.05) is 19.2 Å². The largest absolute Gasteiger partial charge is 0.382 e. The van der Waals surface area contributed by atoms with E-state index in [9.17, 15) is 0 Å². The molecule has 2 N–H and O–H groups in total. The highest BCUT2D eigenvalue weighted by Gasteiger charge is 2.07. The van der Waals surface area contributed by atoms with Gasteiger partial charge in [0.05, 0.1) is 11.4 Å². The van der Waals surface area contributed by atoms with Crippen molar-refractivity contribution < 1.29 is 0 Å². The van der Waals surface area contributed by atoms with E-state index in [1.54, 1.807) is 0 Å². The van der Waals surface area contributed by atoms with Crippen LogP contribution in [0.25, 0.3) is 0 Å². The summed E-state index contributed by atoms with van der Waals surface area (Å²) in [5, 5.41) is 6.79. The van der Waals surface area contributed by atoms with Crippen LogP contribution in [0.4, 0.5) is 5.69 Å². The molecular formula is C12H21N3. The van der Waals surface area contributed by atoms with Crippen molar-refractivity contribution in [2.45, 2.75) is 33.2 Å². The average molecular weight is 207 g/mol. The van der Waals surface area contributed by atoms with Gasteiger partial charge in [-0.25, -0.2) is 0 Å². The van der Waals surface area contributed by atoms with Crippen LogP contribution >= 0.6 is 0 Å². The van der Waals surface area contributed by atoms with Crippen molar-refractivity contribution in [3.8, 4) is 0 Å². The molecule has 0 aromatic carbocycles. The molecule has 0 aliphatic heterocycles. The van der Waals surface area contributed by atoms with E-state index >= 15 is 0 Å². The second kappa shape index (κ2) is 5.12. The lowest BCUT2D eigenvalue weighted by molar-refractivity contribution is 0.435. The molecule has 0 saturated carbocycles. The molecule has 0 amide bonds. The van der Waals surface area contributed by atoms with E-state index < -0.39 is 0 Å². The Morgan fingerprint density at radius 2 is 2.00 bits per heavy atom. The van der Waals surface area contributed by atoms with Crippen molar-refractivity contribution in [1.29, 1.82) is 0 Å². The van der Waals surface area contributed by atoms with Crippen molar-refractivity contribution in [3.05, 3.63) is 24.0 Å². The number of aromatic nitrogens is 1. The van der Waals surface area contributed by atoms with Gasteiger partial charge < -0.3 is 10.6 Å². The zero-order valence-corrected chi connectivity index (χ0v) is 10.1. The quantitative estimate of drug-likeness (QED) is 0.743. The van der Waals surface area contributed by atoms with Crippen molar-refractivity contribution in [1.82, 2.24) is 10.3 Å². The van der Waals surface area contributed by atoms with Gasteiger partial charge in [0.2, 0.25) is 0 Å². The van der Waals surface area contributed by atoms with Crippen LogP contribution in [0.15, 0.2) is 18.3 Å². The third kappa shape index (κ3) is 4.79. The number of anilines is 1. The fourth-order valence-electron chi connectivity index (χ4n) is 1.31. The monoisotopic (exact) mass is 207 g/mol. The van der Waals surface area contributed by atoms with Crippen LogP contribution in [0.1, 0.15) is 26.5 Å². The molecule has 0 aliphatic rings. The molecule has 0 fully saturated rings. The Hall–Kier alpha value is -1.09. The number of nitrogens with one attached hydrogen (secondary N) is 2. The van der Waals surface area contributed by atoms with Crippen LogP contribution in [-0.4, -0.2) is 23.6 Å². The summed E-state index contributed by atoms with van der Waals surface area (Å²) >= 11 is 0. The third-order valence-corrected chi connectivity index (χ3v) is 2.10. The zero-order chi connectivity index (χ0) is 11.3. The van der Waals surface area contributed by atoms with E-state index in [2.05, 4.69) is 42.5 Å². The number of rotatable bonds is 4. The predicted molar refractivity (Wildman–Crippen MR) is 65.2 cm³/mol. The first kappa shape index (κ1) is 12.0. The molecule has 15 heavy (non-hydrogen) atoms. The second-order valence-electron chi connectivity index (χ2n) is 4.74. The summed E-state index contributed by atoms with van der Waals surface area (Å²) in [6.45, 7) is 10.4. The van der Waals surface area contributed by atoms with Crippen molar-refractivity contribution in [3.63, 3.8) is 0 Å². The Bertz CT molecular complexity index is 302. The highest BCUT2D eigenvalue weighted by atomic mass is 15.0. The molecule has 0 radical (unpaired) electrons. The number of hydrogen-bond acceptors (Lipinski definition) is 3. The fourth-order valence-corrected chi connectivity index (χ4v) is 1.31. The molecule has 3 heteroatoms. The molecule has 0 unspecified atom stereocenters. The lowest BCUT2D eigenvalue weighted by Gasteiger charge is -2.20. The van der Waals surface area contributed by atoms with Gasteiger partial charge in [-0.1, -0.05) is 0 Å². The molecule has 0 spiro atoms. The van der Waals surface area contributed by atoms with Gasteiger partial charge in [0, 0.05) is 24.8 Å². The van der Waals surface area contributed by atoms with Crippen molar-refractivity contribution in [2.24, 2.45) is 0 Å². The first-order chi connectivity index (χ1) is 6.99. The molecule has 0 bridgehead atoms. The van der Waals surface area contributed by atoms with Crippen LogP contribution in [0.2, 0.25) is 0 Å². The lowest BCUT2D eigenvalue weighted by atomic mass is 10.1. The van der Waals surface area contributed by atoms with E-state index in [1.165, 1.54) is 0 Å². The second-order valence-corrected chi connectivity index (χ2v) is 4.74. The summed E-state index contributed by atoms with van der Waals surface area (Å²) in [4.78, 5) is 4.22. The summed E-state index contributed by atoms with van der Waals surface area (Å²) in [6.07, 6.45) is 1.81. The molecule has 1 heterocycles. The molecule has 0 aliphatic carbocycles. The van der Waals surface area contributed by atoms with Crippen LogP contribution in [-0.2, 0) is 0 Å². The van der Waals surface area contributed by atoms with Gasteiger partial charge in [0.25, 0.3) is 0 Å². The Kier molecular flexibility index (Phi) is 4.09.